The average Bonchev–Trinajstić information content (AvgIpc) is 1.82. The molecule has 5 N–H and O–H groups in total. The number of carbonyl (C=O) groups excluding carboxylic acids is 1. The highest BCUT2D eigenvalue weighted by Crippen LogP contribution is 1.83. The fraction of sp³-hybridized carbons (Fsp3) is 0.500. The maximum absolute atomic E-state index is 10.6. The Labute approximate surface area is 60.5 Å². The first-order valence-electron chi connectivity index (χ1n) is 2.73. The molecular weight excluding hydrogens is 132 g/mol. The molecule has 0 unspecified atom stereocenters. The normalized spacial score (nSPS) is 7.80. The maximum atomic E-state index is 10.6. The van der Waals surface area contributed by atoms with E-state index in [1.807, 2.05) is 0 Å². The highest BCUT2D eigenvalue weighted by Gasteiger charge is 1.96. The molecule has 0 heterocycles. The van der Waals surface area contributed by atoms with Crippen LogP contribution in [0.1, 0.15) is 6.92 Å². The molecule has 4 nitrogen and oxygen atoms in total. The average molecular weight is 146 g/mol. The molecular formula is C6H14N2O2. The zero-order chi connectivity index (χ0) is 7.28. The highest BCUT2D eigenvalue weighted by atomic mass is 16.3. The highest BCUT2D eigenvalue weighted by molar-refractivity contribution is 5.91. The molecule has 0 fully saturated rings. The molecule has 4 heteroatoms. The van der Waals surface area contributed by atoms with Crippen molar-refractivity contribution < 1.29 is 9.90 Å². The van der Waals surface area contributed by atoms with Crippen molar-refractivity contribution in [1.82, 2.24) is 11.5 Å². The van der Waals surface area contributed by atoms with E-state index in [-0.39, 0.29) is 18.7 Å². The van der Waals surface area contributed by atoms with Gasteiger partial charge in [-0.05, 0) is 6.92 Å². The number of aliphatic hydroxyl groups is 1. The van der Waals surface area contributed by atoms with Crippen molar-refractivity contribution in [2.75, 3.05) is 13.2 Å². The minimum absolute atomic E-state index is 0. The van der Waals surface area contributed by atoms with E-state index in [2.05, 4.69) is 11.9 Å². The summed E-state index contributed by atoms with van der Waals surface area (Å²) in [6.07, 6.45) is 0. The van der Waals surface area contributed by atoms with E-state index in [0.29, 0.717) is 12.1 Å². The van der Waals surface area contributed by atoms with Gasteiger partial charge in [0.2, 0.25) is 5.91 Å². The van der Waals surface area contributed by atoms with Gasteiger partial charge in [0.05, 0.1) is 6.61 Å². The lowest BCUT2D eigenvalue weighted by atomic mass is 10.3. The van der Waals surface area contributed by atoms with E-state index in [9.17, 15) is 4.79 Å². The predicted octanol–water partition coefficient (Wildman–Crippen LogP) is -0.167. The lowest BCUT2D eigenvalue weighted by Gasteiger charge is -1.99. The number of hydrogen-bond donors (Lipinski definition) is 3. The van der Waals surface area contributed by atoms with Crippen LogP contribution in [0.5, 0.6) is 0 Å². The van der Waals surface area contributed by atoms with Crippen LogP contribution in [0.15, 0.2) is 12.2 Å². The van der Waals surface area contributed by atoms with Crippen LogP contribution in [0.2, 0.25) is 0 Å². The molecule has 0 radical (unpaired) electrons. The second-order valence-corrected chi connectivity index (χ2v) is 1.76. The van der Waals surface area contributed by atoms with Gasteiger partial charge in [0, 0.05) is 12.1 Å². The molecule has 10 heavy (non-hydrogen) atoms. The van der Waals surface area contributed by atoms with Crippen LogP contribution >= 0.6 is 0 Å². The van der Waals surface area contributed by atoms with E-state index in [4.69, 9.17) is 5.11 Å². The fourth-order valence-electron chi connectivity index (χ4n) is 0.320. The Morgan fingerprint density at radius 1 is 1.70 bits per heavy atom. The molecule has 0 aliphatic rings. The van der Waals surface area contributed by atoms with E-state index >= 15 is 0 Å². The smallest absolute Gasteiger partial charge is 0.246 e. The zero-order valence-corrected chi connectivity index (χ0v) is 6.18. The van der Waals surface area contributed by atoms with Gasteiger partial charge in [0.15, 0.2) is 0 Å². The van der Waals surface area contributed by atoms with Crippen molar-refractivity contribution in [1.29, 1.82) is 0 Å². The van der Waals surface area contributed by atoms with Gasteiger partial charge in [-0.15, -0.1) is 0 Å². The van der Waals surface area contributed by atoms with Gasteiger partial charge in [-0.25, -0.2) is 0 Å². The largest absolute Gasteiger partial charge is 0.395 e. The Balaban J connectivity index is 0. The van der Waals surface area contributed by atoms with Crippen LogP contribution in [-0.2, 0) is 4.79 Å². The second-order valence-electron chi connectivity index (χ2n) is 1.76. The van der Waals surface area contributed by atoms with Crippen molar-refractivity contribution in [2.24, 2.45) is 0 Å². The molecule has 0 aromatic carbocycles. The van der Waals surface area contributed by atoms with Gasteiger partial charge in [-0.2, -0.15) is 0 Å². The Kier molecular flexibility index (Phi) is 7.42. The maximum Gasteiger partial charge on any atom is 0.246 e. The summed E-state index contributed by atoms with van der Waals surface area (Å²) in [4.78, 5) is 10.6. The summed E-state index contributed by atoms with van der Waals surface area (Å²) in [6.45, 7) is 5.30. The number of amides is 1. The van der Waals surface area contributed by atoms with Crippen molar-refractivity contribution in [2.45, 2.75) is 6.92 Å². The summed E-state index contributed by atoms with van der Waals surface area (Å²) in [5.74, 6) is -0.205. The summed E-state index contributed by atoms with van der Waals surface area (Å²) in [5.41, 5.74) is 0.462. The molecule has 0 spiro atoms. The molecule has 0 aliphatic heterocycles. The molecule has 0 rings (SSSR count). The van der Waals surface area contributed by atoms with Gasteiger partial charge < -0.3 is 16.6 Å². The Morgan fingerprint density at radius 2 is 2.20 bits per heavy atom. The van der Waals surface area contributed by atoms with E-state index in [1.165, 1.54) is 0 Å². The molecule has 0 saturated heterocycles. The summed E-state index contributed by atoms with van der Waals surface area (Å²) in [6, 6.07) is 0. The van der Waals surface area contributed by atoms with Crippen molar-refractivity contribution in [3.8, 4) is 0 Å². The van der Waals surface area contributed by atoms with E-state index in [1.54, 1.807) is 6.92 Å². The fourth-order valence-corrected chi connectivity index (χ4v) is 0.320. The summed E-state index contributed by atoms with van der Waals surface area (Å²) in [5, 5.41) is 10.7. The lowest BCUT2D eigenvalue weighted by Crippen LogP contribution is -2.26. The number of aliphatic hydroxyl groups excluding tert-OH is 1. The van der Waals surface area contributed by atoms with Crippen LogP contribution < -0.4 is 11.5 Å². The number of rotatable bonds is 3. The molecule has 60 valence electrons. The van der Waals surface area contributed by atoms with E-state index < -0.39 is 0 Å². The first-order chi connectivity index (χ1) is 4.18. The molecule has 0 saturated carbocycles. The molecule has 0 bridgehead atoms. The quantitative estimate of drug-likeness (QED) is 0.483. The van der Waals surface area contributed by atoms with Gasteiger partial charge in [-0.3, -0.25) is 4.79 Å². The SMILES string of the molecule is C=C(C)C(=O)NCCO.N. The van der Waals surface area contributed by atoms with Crippen LogP contribution in [0.4, 0.5) is 0 Å². The third kappa shape index (κ3) is 5.27. The molecule has 0 aliphatic carbocycles. The van der Waals surface area contributed by atoms with Crippen LogP contribution in [0, 0.1) is 0 Å². The monoisotopic (exact) mass is 146 g/mol. The lowest BCUT2D eigenvalue weighted by molar-refractivity contribution is -0.117. The minimum Gasteiger partial charge on any atom is -0.395 e. The van der Waals surface area contributed by atoms with Crippen LogP contribution in [0.3, 0.4) is 0 Å². The standard InChI is InChI=1S/C6H11NO2.H3N/c1-5(2)6(9)7-3-4-8;/h8H,1,3-4H2,2H3,(H,7,9);1H3. The number of nitrogens with one attached hydrogen (secondary N) is 1. The van der Waals surface area contributed by atoms with E-state index in [0.717, 1.165) is 0 Å². The Bertz CT molecular complexity index is 123. The van der Waals surface area contributed by atoms with Crippen molar-refractivity contribution >= 4 is 5.91 Å². The second kappa shape index (κ2) is 6.25. The predicted molar refractivity (Wildman–Crippen MR) is 39.9 cm³/mol. The zero-order valence-electron chi connectivity index (χ0n) is 6.18. The Hall–Kier alpha value is -0.870. The Morgan fingerprint density at radius 3 is 2.50 bits per heavy atom. The van der Waals surface area contributed by atoms with Crippen LogP contribution in [-0.4, -0.2) is 24.2 Å². The van der Waals surface area contributed by atoms with Gasteiger partial charge >= 0.3 is 0 Å². The van der Waals surface area contributed by atoms with Gasteiger partial charge in [-0.1, -0.05) is 6.58 Å². The van der Waals surface area contributed by atoms with Crippen molar-refractivity contribution in [3.05, 3.63) is 12.2 Å². The first kappa shape index (κ1) is 11.9. The summed E-state index contributed by atoms with van der Waals surface area (Å²) in [7, 11) is 0. The van der Waals surface area contributed by atoms with Gasteiger partial charge in [0.25, 0.3) is 0 Å². The summed E-state index contributed by atoms with van der Waals surface area (Å²) >= 11 is 0. The van der Waals surface area contributed by atoms with Gasteiger partial charge in [0.1, 0.15) is 0 Å². The number of hydrogen-bond acceptors (Lipinski definition) is 3. The molecule has 0 atom stereocenters. The topological polar surface area (TPSA) is 84.3 Å². The first-order valence-corrected chi connectivity index (χ1v) is 2.73. The van der Waals surface area contributed by atoms with Crippen molar-refractivity contribution in [3.63, 3.8) is 0 Å². The minimum atomic E-state index is -0.205. The third-order valence-electron chi connectivity index (χ3n) is 0.785. The number of carbonyl (C=O) groups is 1. The third-order valence-corrected chi connectivity index (χ3v) is 0.785. The molecule has 0 aromatic heterocycles. The molecule has 0 aromatic rings. The summed E-state index contributed by atoms with van der Waals surface area (Å²) < 4.78 is 0. The van der Waals surface area contributed by atoms with Crippen LogP contribution in [0.25, 0.3) is 0 Å². The molecule has 1 amide bonds.